The quantitative estimate of drug-likeness (QED) is 0.607. The minimum atomic E-state index is -3.65. The van der Waals surface area contributed by atoms with Gasteiger partial charge in [0.15, 0.2) is 0 Å². The van der Waals surface area contributed by atoms with E-state index in [0.717, 1.165) is 35.8 Å². The molecule has 0 bridgehead atoms. The number of anilines is 1. The molecule has 6 nitrogen and oxygen atoms in total. The van der Waals surface area contributed by atoms with Crippen molar-refractivity contribution >= 4 is 21.6 Å². The van der Waals surface area contributed by atoms with E-state index in [0.29, 0.717) is 13.0 Å². The second-order valence-electron chi connectivity index (χ2n) is 7.92. The van der Waals surface area contributed by atoms with Crippen LogP contribution in [0.3, 0.4) is 0 Å². The lowest BCUT2D eigenvalue weighted by Crippen LogP contribution is -2.32. The van der Waals surface area contributed by atoms with E-state index < -0.39 is 15.8 Å². The largest absolute Gasteiger partial charge is 0.352 e. The van der Waals surface area contributed by atoms with E-state index in [9.17, 15) is 17.6 Å². The minimum absolute atomic E-state index is 0.00116. The van der Waals surface area contributed by atoms with Crippen LogP contribution < -0.4 is 9.62 Å². The third kappa shape index (κ3) is 6.77. The highest BCUT2D eigenvalue weighted by molar-refractivity contribution is 7.92. The van der Waals surface area contributed by atoms with Gasteiger partial charge in [-0.15, -0.1) is 0 Å². The van der Waals surface area contributed by atoms with Gasteiger partial charge in [0.2, 0.25) is 15.9 Å². The van der Waals surface area contributed by atoms with Crippen molar-refractivity contribution in [3.05, 3.63) is 65.5 Å². The zero-order valence-electron chi connectivity index (χ0n) is 17.9. The number of carbonyl (C=O) groups is 1. The van der Waals surface area contributed by atoms with Gasteiger partial charge in [0.25, 0.3) is 0 Å². The normalized spacial score (nSPS) is 14.5. The van der Waals surface area contributed by atoms with Gasteiger partial charge in [0, 0.05) is 26.1 Å². The van der Waals surface area contributed by atoms with Gasteiger partial charge in [0.1, 0.15) is 5.82 Å². The minimum Gasteiger partial charge on any atom is -0.352 e. The summed E-state index contributed by atoms with van der Waals surface area (Å²) in [4.78, 5) is 14.8. The average Bonchev–Trinajstić information content (AvgIpc) is 3.24. The Morgan fingerprint density at radius 1 is 1.06 bits per heavy atom. The number of rotatable bonds is 10. The monoisotopic (exact) mass is 447 g/mol. The van der Waals surface area contributed by atoms with E-state index in [2.05, 4.69) is 16.3 Å². The van der Waals surface area contributed by atoms with Gasteiger partial charge in [-0.3, -0.25) is 14.0 Å². The summed E-state index contributed by atoms with van der Waals surface area (Å²) in [5.74, 6) is -0.759. The summed E-state index contributed by atoms with van der Waals surface area (Å²) in [7, 11) is -3.65. The Labute approximate surface area is 184 Å². The Balaban J connectivity index is 1.52. The number of para-hydroxylation sites is 1. The number of sulfonamides is 1. The number of halogens is 1. The molecule has 1 amide bonds. The van der Waals surface area contributed by atoms with Crippen LogP contribution in [0.2, 0.25) is 0 Å². The summed E-state index contributed by atoms with van der Waals surface area (Å²) in [5.41, 5.74) is 2.31. The number of nitrogens with zero attached hydrogens (tertiary/aromatic N) is 2. The van der Waals surface area contributed by atoms with Crippen LogP contribution in [0.25, 0.3) is 0 Å². The van der Waals surface area contributed by atoms with Crippen molar-refractivity contribution in [2.75, 3.05) is 30.2 Å². The fraction of sp³-hybridized carbons (Fsp3) is 0.435. The third-order valence-electron chi connectivity index (χ3n) is 5.47. The summed E-state index contributed by atoms with van der Waals surface area (Å²) in [6.45, 7) is 3.59. The molecule has 0 aliphatic carbocycles. The highest BCUT2D eigenvalue weighted by atomic mass is 32.2. The van der Waals surface area contributed by atoms with E-state index in [1.165, 1.54) is 36.6 Å². The Kier molecular flexibility index (Phi) is 8.03. The molecule has 2 aromatic carbocycles. The van der Waals surface area contributed by atoms with Gasteiger partial charge < -0.3 is 5.32 Å². The molecule has 1 N–H and O–H groups in total. The van der Waals surface area contributed by atoms with Crippen molar-refractivity contribution in [2.45, 2.75) is 38.8 Å². The molecule has 168 valence electrons. The van der Waals surface area contributed by atoms with Crippen LogP contribution in [0.4, 0.5) is 10.1 Å². The number of benzene rings is 2. The molecule has 1 aliphatic rings. The summed E-state index contributed by atoms with van der Waals surface area (Å²) in [6.07, 6.45) is 3.96. The fourth-order valence-corrected chi connectivity index (χ4v) is 4.82. The van der Waals surface area contributed by atoms with Gasteiger partial charge >= 0.3 is 0 Å². The Hall–Kier alpha value is -2.45. The van der Waals surface area contributed by atoms with Crippen LogP contribution in [-0.2, 0) is 27.9 Å². The second-order valence-corrected chi connectivity index (χ2v) is 9.83. The number of hydrogen-bond donors (Lipinski definition) is 1. The molecule has 31 heavy (non-hydrogen) atoms. The second kappa shape index (κ2) is 10.7. The van der Waals surface area contributed by atoms with E-state index in [4.69, 9.17) is 0 Å². The SMILES string of the molecule is CS(=O)(=O)N(CCCC(=O)NCc1ccccc1CN1CCCC1)c1ccccc1F. The van der Waals surface area contributed by atoms with Gasteiger partial charge in [-0.25, -0.2) is 12.8 Å². The predicted molar refractivity (Wildman–Crippen MR) is 121 cm³/mol. The van der Waals surface area contributed by atoms with Gasteiger partial charge in [0.05, 0.1) is 11.9 Å². The molecule has 0 aromatic heterocycles. The molecular formula is C23H30FN3O3S. The average molecular weight is 448 g/mol. The number of carbonyl (C=O) groups excluding carboxylic acids is 1. The molecule has 8 heteroatoms. The van der Waals surface area contributed by atoms with Crippen molar-refractivity contribution in [1.29, 1.82) is 0 Å². The Morgan fingerprint density at radius 2 is 1.71 bits per heavy atom. The first-order valence-electron chi connectivity index (χ1n) is 10.6. The van der Waals surface area contributed by atoms with Crippen molar-refractivity contribution < 1.29 is 17.6 Å². The lowest BCUT2D eigenvalue weighted by atomic mass is 10.1. The molecule has 0 atom stereocenters. The van der Waals surface area contributed by atoms with E-state index >= 15 is 0 Å². The van der Waals surface area contributed by atoms with Crippen molar-refractivity contribution in [3.63, 3.8) is 0 Å². The Morgan fingerprint density at radius 3 is 2.39 bits per heavy atom. The maximum Gasteiger partial charge on any atom is 0.232 e. The summed E-state index contributed by atoms with van der Waals surface area (Å²) in [5, 5.41) is 2.93. The summed E-state index contributed by atoms with van der Waals surface area (Å²) < 4.78 is 39.3. The smallest absolute Gasteiger partial charge is 0.232 e. The molecular weight excluding hydrogens is 417 g/mol. The van der Waals surface area contributed by atoms with Crippen molar-refractivity contribution in [3.8, 4) is 0 Å². The van der Waals surface area contributed by atoms with E-state index in [1.54, 1.807) is 6.07 Å². The first kappa shape index (κ1) is 23.2. The molecule has 1 saturated heterocycles. The lowest BCUT2D eigenvalue weighted by molar-refractivity contribution is -0.121. The molecule has 0 radical (unpaired) electrons. The van der Waals surface area contributed by atoms with Gasteiger partial charge in [-0.1, -0.05) is 36.4 Å². The molecule has 0 spiro atoms. The van der Waals surface area contributed by atoms with Gasteiger partial charge in [-0.05, 0) is 55.6 Å². The van der Waals surface area contributed by atoms with Crippen LogP contribution in [0.1, 0.15) is 36.8 Å². The standard InChI is InChI=1S/C23H30FN3O3S/c1-31(29,30)27(22-12-5-4-11-21(22)24)16-8-13-23(28)25-17-19-9-2-3-10-20(19)18-26-14-6-7-15-26/h2-5,9-12H,6-8,13-18H2,1H3,(H,25,28). The zero-order valence-corrected chi connectivity index (χ0v) is 18.7. The van der Waals surface area contributed by atoms with Crippen molar-refractivity contribution in [2.24, 2.45) is 0 Å². The molecule has 1 heterocycles. The first-order valence-corrected chi connectivity index (χ1v) is 12.5. The first-order chi connectivity index (χ1) is 14.8. The zero-order chi connectivity index (χ0) is 22.3. The topological polar surface area (TPSA) is 69.7 Å². The fourth-order valence-electron chi connectivity index (χ4n) is 3.85. The predicted octanol–water partition coefficient (Wildman–Crippen LogP) is 3.28. The molecule has 0 unspecified atom stereocenters. The maximum atomic E-state index is 14.1. The summed E-state index contributed by atoms with van der Waals surface area (Å²) in [6, 6.07) is 13.8. The number of likely N-dealkylation sites (tertiary alicyclic amines) is 1. The van der Waals surface area contributed by atoms with E-state index in [-0.39, 0.29) is 24.6 Å². The number of amides is 1. The van der Waals surface area contributed by atoms with E-state index in [1.807, 2.05) is 18.2 Å². The molecule has 1 fully saturated rings. The van der Waals surface area contributed by atoms with Crippen LogP contribution in [0.15, 0.2) is 48.5 Å². The van der Waals surface area contributed by atoms with Crippen LogP contribution in [-0.4, -0.2) is 45.1 Å². The third-order valence-corrected chi connectivity index (χ3v) is 6.65. The maximum absolute atomic E-state index is 14.1. The molecule has 2 aromatic rings. The lowest BCUT2D eigenvalue weighted by Gasteiger charge is -2.22. The highest BCUT2D eigenvalue weighted by Gasteiger charge is 2.20. The van der Waals surface area contributed by atoms with Crippen molar-refractivity contribution in [1.82, 2.24) is 10.2 Å². The van der Waals surface area contributed by atoms with Crippen LogP contribution in [0, 0.1) is 5.82 Å². The summed E-state index contributed by atoms with van der Waals surface area (Å²) >= 11 is 0. The molecule has 0 saturated carbocycles. The number of hydrogen-bond acceptors (Lipinski definition) is 4. The Bertz CT molecular complexity index is 991. The molecule has 3 rings (SSSR count). The van der Waals surface area contributed by atoms with Crippen LogP contribution >= 0.6 is 0 Å². The van der Waals surface area contributed by atoms with Gasteiger partial charge in [-0.2, -0.15) is 0 Å². The highest BCUT2D eigenvalue weighted by Crippen LogP contribution is 2.22. The molecule has 1 aliphatic heterocycles. The van der Waals surface area contributed by atoms with Crippen LogP contribution in [0.5, 0.6) is 0 Å². The number of nitrogens with one attached hydrogen (secondary N) is 1.